The lowest BCUT2D eigenvalue weighted by Gasteiger charge is -2.30. The second kappa shape index (κ2) is 6.56. The normalized spacial score (nSPS) is 18.8. The Labute approximate surface area is 147 Å². The molecule has 4 rings (SSSR count). The summed E-state index contributed by atoms with van der Waals surface area (Å²) in [6.07, 6.45) is -1.14. The van der Waals surface area contributed by atoms with Crippen LogP contribution in [0.1, 0.15) is 12.8 Å². The predicted molar refractivity (Wildman–Crippen MR) is 90.4 cm³/mol. The number of nitrogens with zero attached hydrogens (tertiary/aromatic N) is 2. The summed E-state index contributed by atoms with van der Waals surface area (Å²) in [5.41, 5.74) is 0. The molecule has 7 nitrogen and oxygen atoms in total. The van der Waals surface area contributed by atoms with Crippen LogP contribution in [0.4, 0.5) is 0 Å². The van der Waals surface area contributed by atoms with Gasteiger partial charge in [-0.15, -0.1) is 11.3 Å². The number of benzene rings is 1. The molecule has 0 radical (unpaired) electrons. The van der Waals surface area contributed by atoms with Gasteiger partial charge in [0.15, 0.2) is 11.5 Å². The SMILES string of the molecule is CC1Oc2ccccc2OC1C(=O)NCc1nc(-c2cccs2)no1. The first-order valence-corrected chi connectivity index (χ1v) is 8.65. The van der Waals surface area contributed by atoms with Crippen molar-refractivity contribution >= 4 is 17.2 Å². The van der Waals surface area contributed by atoms with Crippen molar-refractivity contribution < 1.29 is 18.8 Å². The highest BCUT2D eigenvalue weighted by Gasteiger charge is 2.34. The predicted octanol–water partition coefficient (Wildman–Crippen LogP) is 2.64. The summed E-state index contributed by atoms with van der Waals surface area (Å²) in [7, 11) is 0. The molecule has 1 amide bonds. The molecule has 0 saturated carbocycles. The summed E-state index contributed by atoms with van der Waals surface area (Å²) in [6, 6.07) is 11.1. The van der Waals surface area contributed by atoms with Crippen molar-refractivity contribution in [2.75, 3.05) is 0 Å². The molecule has 25 heavy (non-hydrogen) atoms. The molecule has 1 aliphatic rings. The van der Waals surface area contributed by atoms with Crippen molar-refractivity contribution in [3.63, 3.8) is 0 Å². The van der Waals surface area contributed by atoms with E-state index in [9.17, 15) is 4.79 Å². The molecule has 128 valence electrons. The number of para-hydroxylation sites is 2. The fraction of sp³-hybridized carbons (Fsp3) is 0.235. The van der Waals surface area contributed by atoms with Gasteiger partial charge < -0.3 is 19.3 Å². The molecule has 2 aromatic heterocycles. The number of hydrogen-bond acceptors (Lipinski definition) is 7. The number of nitrogens with one attached hydrogen (secondary N) is 1. The Morgan fingerprint density at radius 3 is 2.76 bits per heavy atom. The first-order valence-electron chi connectivity index (χ1n) is 7.77. The van der Waals surface area contributed by atoms with E-state index < -0.39 is 12.2 Å². The first-order chi connectivity index (χ1) is 12.2. The Kier molecular flexibility index (Phi) is 4.10. The van der Waals surface area contributed by atoms with Gasteiger partial charge in [-0.25, -0.2) is 0 Å². The molecule has 8 heteroatoms. The zero-order valence-electron chi connectivity index (χ0n) is 13.3. The van der Waals surface area contributed by atoms with E-state index in [1.54, 1.807) is 13.0 Å². The van der Waals surface area contributed by atoms with Crippen LogP contribution in [0.5, 0.6) is 11.5 Å². The van der Waals surface area contributed by atoms with Crippen LogP contribution in [0, 0.1) is 0 Å². The topological polar surface area (TPSA) is 86.5 Å². The Bertz CT molecular complexity index is 878. The molecular weight excluding hydrogens is 342 g/mol. The van der Waals surface area contributed by atoms with Gasteiger partial charge in [0, 0.05) is 0 Å². The Morgan fingerprint density at radius 1 is 1.20 bits per heavy atom. The van der Waals surface area contributed by atoms with Crippen LogP contribution in [0.15, 0.2) is 46.3 Å². The molecule has 0 bridgehead atoms. The van der Waals surface area contributed by atoms with E-state index in [4.69, 9.17) is 14.0 Å². The average molecular weight is 357 g/mol. The number of carbonyl (C=O) groups excluding carboxylic acids is 1. The minimum atomic E-state index is -0.741. The molecule has 3 heterocycles. The van der Waals surface area contributed by atoms with Crippen LogP contribution in [0.3, 0.4) is 0 Å². The van der Waals surface area contributed by atoms with E-state index in [1.807, 2.05) is 35.7 Å². The van der Waals surface area contributed by atoms with Gasteiger partial charge in [0.2, 0.25) is 17.8 Å². The van der Waals surface area contributed by atoms with Crippen LogP contribution < -0.4 is 14.8 Å². The third-order valence-corrected chi connectivity index (χ3v) is 4.59. The van der Waals surface area contributed by atoms with Crippen molar-refractivity contribution in [3.8, 4) is 22.2 Å². The Balaban J connectivity index is 1.39. The number of ether oxygens (including phenoxy) is 2. The molecule has 0 spiro atoms. The highest BCUT2D eigenvalue weighted by Crippen LogP contribution is 2.33. The first kappa shape index (κ1) is 15.6. The van der Waals surface area contributed by atoms with Gasteiger partial charge in [0.25, 0.3) is 5.91 Å². The minimum absolute atomic E-state index is 0.130. The zero-order valence-corrected chi connectivity index (χ0v) is 14.2. The van der Waals surface area contributed by atoms with Crippen molar-refractivity contribution in [1.82, 2.24) is 15.5 Å². The van der Waals surface area contributed by atoms with Crippen molar-refractivity contribution in [3.05, 3.63) is 47.7 Å². The van der Waals surface area contributed by atoms with Gasteiger partial charge in [0.05, 0.1) is 11.4 Å². The smallest absolute Gasteiger partial charge is 0.265 e. The number of aromatic nitrogens is 2. The molecule has 0 aliphatic carbocycles. The molecule has 1 aliphatic heterocycles. The third-order valence-electron chi connectivity index (χ3n) is 3.72. The number of hydrogen-bond donors (Lipinski definition) is 1. The molecule has 2 atom stereocenters. The maximum Gasteiger partial charge on any atom is 0.265 e. The van der Waals surface area contributed by atoms with Gasteiger partial charge in [0.1, 0.15) is 6.10 Å². The molecule has 3 aromatic rings. The minimum Gasteiger partial charge on any atom is -0.482 e. The van der Waals surface area contributed by atoms with Gasteiger partial charge in [-0.1, -0.05) is 23.4 Å². The van der Waals surface area contributed by atoms with E-state index in [0.717, 1.165) is 4.88 Å². The van der Waals surface area contributed by atoms with E-state index in [0.29, 0.717) is 23.2 Å². The van der Waals surface area contributed by atoms with E-state index >= 15 is 0 Å². The van der Waals surface area contributed by atoms with E-state index in [2.05, 4.69) is 15.5 Å². The summed E-state index contributed by atoms with van der Waals surface area (Å²) in [5, 5.41) is 8.60. The maximum absolute atomic E-state index is 12.4. The lowest BCUT2D eigenvalue weighted by molar-refractivity contribution is -0.133. The number of carbonyl (C=O) groups is 1. The second-order valence-electron chi connectivity index (χ2n) is 5.51. The number of rotatable bonds is 4. The summed E-state index contributed by atoms with van der Waals surface area (Å²) < 4.78 is 16.7. The Morgan fingerprint density at radius 2 is 2.00 bits per heavy atom. The molecular formula is C17H15N3O4S. The highest BCUT2D eigenvalue weighted by molar-refractivity contribution is 7.13. The molecule has 0 saturated heterocycles. The molecule has 0 fully saturated rings. The van der Waals surface area contributed by atoms with Crippen LogP contribution >= 0.6 is 11.3 Å². The number of thiophene rings is 1. The Hall–Kier alpha value is -2.87. The van der Waals surface area contributed by atoms with Crippen molar-refractivity contribution in [2.24, 2.45) is 0 Å². The summed E-state index contributed by atoms with van der Waals surface area (Å²) in [5.74, 6) is 1.74. The van der Waals surface area contributed by atoms with E-state index in [1.165, 1.54) is 11.3 Å². The van der Waals surface area contributed by atoms with Crippen LogP contribution in [0.2, 0.25) is 0 Å². The average Bonchev–Trinajstić information content (AvgIpc) is 3.30. The summed E-state index contributed by atoms with van der Waals surface area (Å²) in [4.78, 5) is 17.6. The van der Waals surface area contributed by atoms with Crippen LogP contribution in [-0.2, 0) is 11.3 Å². The second-order valence-corrected chi connectivity index (χ2v) is 6.46. The van der Waals surface area contributed by atoms with Gasteiger partial charge >= 0.3 is 0 Å². The molecule has 1 aromatic carbocycles. The van der Waals surface area contributed by atoms with Crippen molar-refractivity contribution in [2.45, 2.75) is 25.7 Å². The van der Waals surface area contributed by atoms with Crippen LogP contribution in [0.25, 0.3) is 10.7 Å². The quantitative estimate of drug-likeness (QED) is 0.772. The van der Waals surface area contributed by atoms with Crippen molar-refractivity contribution in [1.29, 1.82) is 0 Å². The molecule has 2 unspecified atom stereocenters. The monoisotopic (exact) mass is 357 g/mol. The summed E-state index contributed by atoms with van der Waals surface area (Å²) >= 11 is 1.52. The molecule has 1 N–H and O–H groups in total. The maximum atomic E-state index is 12.4. The van der Waals surface area contributed by atoms with Gasteiger partial charge in [-0.2, -0.15) is 4.98 Å². The van der Waals surface area contributed by atoms with Gasteiger partial charge in [-0.3, -0.25) is 4.79 Å². The lowest BCUT2D eigenvalue weighted by Crippen LogP contribution is -2.48. The number of amides is 1. The number of fused-ring (bicyclic) bond motifs is 1. The fourth-order valence-electron chi connectivity index (χ4n) is 2.50. The van der Waals surface area contributed by atoms with Gasteiger partial charge in [-0.05, 0) is 30.5 Å². The summed E-state index contributed by atoms with van der Waals surface area (Å²) in [6.45, 7) is 1.92. The third kappa shape index (κ3) is 3.20. The lowest BCUT2D eigenvalue weighted by atomic mass is 10.1. The standard InChI is InChI=1S/C17H15N3O4S/c1-10-15(23-12-6-3-2-5-11(12)22-10)17(21)18-9-14-19-16(20-24-14)13-7-4-8-25-13/h2-8,10,15H,9H2,1H3,(H,18,21). The zero-order chi connectivity index (χ0) is 17.2. The largest absolute Gasteiger partial charge is 0.482 e. The highest BCUT2D eigenvalue weighted by atomic mass is 32.1. The fourth-order valence-corrected chi connectivity index (χ4v) is 3.15. The van der Waals surface area contributed by atoms with Crippen LogP contribution in [-0.4, -0.2) is 28.3 Å². The van der Waals surface area contributed by atoms with E-state index in [-0.39, 0.29) is 12.5 Å².